The van der Waals surface area contributed by atoms with E-state index in [1.165, 1.54) is 28.0 Å². The predicted octanol–water partition coefficient (Wildman–Crippen LogP) is 4.46. The number of nitrogens with zero attached hydrogens (tertiary/aromatic N) is 2. The highest BCUT2D eigenvalue weighted by Crippen LogP contribution is 2.41. The Morgan fingerprint density at radius 3 is 2.05 bits per heavy atom. The van der Waals surface area contributed by atoms with Crippen LogP contribution in [0, 0.1) is 11.8 Å². The number of hydrogen-bond donors (Lipinski definition) is 0. The molecule has 2 atom stereocenters. The van der Waals surface area contributed by atoms with Gasteiger partial charge in [-0.2, -0.15) is 5.10 Å². The molecule has 3 aliphatic carbocycles. The van der Waals surface area contributed by atoms with Crippen LogP contribution in [0.25, 0.3) is 11.1 Å². The first kappa shape index (κ1) is 12.1. The van der Waals surface area contributed by atoms with Crippen molar-refractivity contribution < 1.29 is 0 Å². The van der Waals surface area contributed by atoms with E-state index in [4.69, 9.17) is 0 Å². The van der Waals surface area contributed by atoms with Crippen LogP contribution < -0.4 is 0 Å². The van der Waals surface area contributed by atoms with Gasteiger partial charge in [0.15, 0.2) is 0 Å². The molecular formula is C20H16N2. The molecule has 2 heteroatoms. The first-order valence-corrected chi connectivity index (χ1v) is 7.92. The van der Waals surface area contributed by atoms with Crippen molar-refractivity contribution in [3.63, 3.8) is 0 Å². The van der Waals surface area contributed by atoms with Gasteiger partial charge in [0.05, 0.1) is 0 Å². The monoisotopic (exact) mass is 284 g/mol. The number of fused-ring (bicyclic) bond motifs is 4. The average Bonchev–Trinajstić information content (AvgIpc) is 3.07. The summed E-state index contributed by atoms with van der Waals surface area (Å²) in [6.45, 7) is 0. The third kappa shape index (κ3) is 1.61. The topological polar surface area (TPSA) is 24.7 Å². The summed E-state index contributed by atoms with van der Waals surface area (Å²) in [5, 5.41) is 9.28. The van der Waals surface area contributed by atoms with Gasteiger partial charge in [0.1, 0.15) is 5.71 Å². The summed E-state index contributed by atoms with van der Waals surface area (Å²) in [6, 6.07) is 17.0. The van der Waals surface area contributed by atoms with Crippen molar-refractivity contribution >= 4 is 11.4 Å². The Hall–Kier alpha value is -2.48. The van der Waals surface area contributed by atoms with Gasteiger partial charge in [0.2, 0.25) is 0 Å². The molecule has 1 saturated carbocycles. The summed E-state index contributed by atoms with van der Waals surface area (Å²) in [5.41, 5.74) is 7.23. The molecule has 0 saturated heterocycles. The Balaban J connectivity index is 1.60. The number of allylic oxidation sites excluding steroid dienone is 2. The number of hydrogen-bond acceptors (Lipinski definition) is 2. The van der Waals surface area contributed by atoms with Crippen LogP contribution in [0.3, 0.4) is 0 Å². The lowest BCUT2D eigenvalue weighted by Crippen LogP contribution is -2.32. The van der Waals surface area contributed by atoms with Crippen LogP contribution >= 0.6 is 0 Å². The Labute approximate surface area is 129 Å². The molecule has 0 radical (unpaired) electrons. The normalized spacial score (nSPS) is 25.6. The number of benzene rings is 2. The molecule has 0 N–H and O–H groups in total. The molecule has 2 aromatic rings. The second kappa shape index (κ2) is 4.51. The van der Waals surface area contributed by atoms with E-state index in [2.05, 4.69) is 70.9 Å². The summed E-state index contributed by atoms with van der Waals surface area (Å²) >= 11 is 0. The van der Waals surface area contributed by atoms with Crippen LogP contribution in [-0.4, -0.2) is 11.4 Å². The van der Waals surface area contributed by atoms with Crippen molar-refractivity contribution in [2.24, 2.45) is 22.0 Å². The molecule has 0 spiro atoms. The molecule has 2 aromatic carbocycles. The highest BCUT2D eigenvalue weighted by atomic mass is 15.2. The average molecular weight is 284 g/mol. The molecule has 0 amide bonds. The Morgan fingerprint density at radius 1 is 0.773 bits per heavy atom. The van der Waals surface area contributed by atoms with E-state index in [1.54, 1.807) is 0 Å². The predicted molar refractivity (Wildman–Crippen MR) is 90.3 cm³/mol. The molecule has 1 fully saturated rings. The fourth-order valence-corrected chi connectivity index (χ4v) is 3.87. The minimum absolute atomic E-state index is 0.622. The van der Waals surface area contributed by atoms with Crippen molar-refractivity contribution in [2.45, 2.75) is 12.8 Å². The van der Waals surface area contributed by atoms with E-state index < -0.39 is 0 Å². The second-order valence-electron chi connectivity index (χ2n) is 6.27. The molecule has 106 valence electrons. The maximum atomic E-state index is 4.67. The summed E-state index contributed by atoms with van der Waals surface area (Å²) in [6.07, 6.45) is 6.84. The zero-order chi connectivity index (χ0) is 14.5. The largest absolute Gasteiger partial charge is 0.159 e. The van der Waals surface area contributed by atoms with Gasteiger partial charge in [-0.05, 0) is 29.9 Å². The molecule has 0 unspecified atom stereocenters. The lowest BCUT2D eigenvalue weighted by Gasteiger charge is -2.31. The lowest BCUT2D eigenvalue weighted by atomic mass is 9.74. The third-order valence-corrected chi connectivity index (χ3v) is 5.10. The quantitative estimate of drug-likeness (QED) is 0.466. The summed E-state index contributed by atoms with van der Waals surface area (Å²) in [5.74, 6) is 1.35. The van der Waals surface area contributed by atoms with Gasteiger partial charge >= 0.3 is 0 Å². The van der Waals surface area contributed by atoms with Crippen LogP contribution in [0.15, 0.2) is 70.9 Å². The maximum absolute atomic E-state index is 4.67. The first-order chi connectivity index (χ1) is 10.9. The van der Waals surface area contributed by atoms with Gasteiger partial charge in [-0.25, -0.2) is 0 Å². The standard InChI is InChI=1S/C20H16N2/c1-3-9-17-15(7-1)16-8-2-4-10-18(16)20(17)22-21-19-12-13-6-5-11-14(13)19/h1-10,13-14H,11-12H2/b21-19+/t13-,14+/m1/s1. The van der Waals surface area contributed by atoms with Gasteiger partial charge < -0.3 is 0 Å². The van der Waals surface area contributed by atoms with E-state index in [0.29, 0.717) is 5.92 Å². The fraction of sp³-hybridized carbons (Fsp3) is 0.200. The smallest absolute Gasteiger partial charge is 0.101 e. The molecule has 0 heterocycles. The molecular weight excluding hydrogens is 268 g/mol. The fourth-order valence-electron chi connectivity index (χ4n) is 3.87. The summed E-state index contributed by atoms with van der Waals surface area (Å²) in [4.78, 5) is 0. The van der Waals surface area contributed by atoms with Gasteiger partial charge in [-0.15, -0.1) is 5.10 Å². The van der Waals surface area contributed by atoms with Crippen LogP contribution in [0.4, 0.5) is 0 Å². The van der Waals surface area contributed by atoms with Gasteiger partial charge in [-0.3, -0.25) is 0 Å². The van der Waals surface area contributed by atoms with E-state index in [1.807, 2.05) is 0 Å². The zero-order valence-electron chi connectivity index (χ0n) is 12.2. The molecule has 22 heavy (non-hydrogen) atoms. The Morgan fingerprint density at radius 2 is 1.41 bits per heavy atom. The molecule has 0 bridgehead atoms. The van der Waals surface area contributed by atoms with Gasteiger partial charge in [0, 0.05) is 22.8 Å². The van der Waals surface area contributed by atoms with E-state index >= 15 is 0 Å². The molecule has 0 aromatic heterocycles. The van der Waals surface area contributed by atoms with Gasteiger partial charge in [0.25, 0.3) is 0 Å². The van der Waals surface area contributed by atoms with E-state index in [9.17, 15) is 0 Å². The third-order valence-electron chi connectivity index (χ3n) is 5.10. The maximum Gasteiger partial charge on any atom is 0.101 e. The van der Waals surface area contributed by atoms with Crippen LogP contribution in [0.5, 0.6) is 0 Å². The van der Waals surface area contributed by atoms with Crippen LogP contribution in [0.2, 0.25) is 0 Å². The first-order valence-electron chi connectivity index (χ1n) is 7.92. The minimum Gasteiger partial charge on any atom is -0.159 e. The molecule has 5 rings (SSSR count). The minimum atomic E-state index is 0.622. The molecule has 2 nitrogen and oxygen atoms in total. The van der Waals surface area contributed by atoms with Crippen molar-refractivity contribution in [1.29, 1.82) is 0 Å². The van der Waals surface area contributed by atoms with Crippen molar-refractivity contribution in [1.82, 2.24) is 0 Å². The van der Waals surface area contributed by atoms with Crippen molar-refractivity contribution in [3.8, 4) is 11.1 Å². The zero-order valence-corrected chi connectivity index (χ0v) is 12.2. The van der Waals surface area contributed by atoms with Crippen molar-refractivity contribution in [3.05, 3.63) is 71.8 Å². The Bertz CT molecular complexity index is 810. The Kier molecular flexibility index (Phi) is 2.48. The number of rotatable bonds is 1. The molecule has 0 aliphatic heterocycles. The molecule has 3 aliphatic rings. The van der Waals surface area contributed by atoms with Crippen molar-refractivity contribution in [2.75, 3.05) is 0 Å². The second-order valence-corrected chi connectivity index (χ2v) is 6.27. The van der Waals surface area contributed by atoms with Crippen LogP contribution in [-0.2, 0) is 0 Å². The summed E-state index contributed by atoms with van der Waals surface area (Å²) in [7, 11) is 0. The van der Waals surface area contributed by atoms with Crippen LogP contribution in [0.1, 0.15) is 24.0 Å². The van der Waals surface area contributed by atoms with E-state index in [0.717, 1.165) is 24.5 Å². The van der Waals surface area contributed by atoms with E-state index in [-0.39, 0.29) is 0 Å². The van der Waals surface area contributed by atoms with Gasteiger partial charge in [-0.1, -0.05) is 60.7 Å². The highest BCUT2D eigenvalue weighted by Gasteiger charge is 2.38. The highest BCUT2D eigenvalue weighted by molar-refractivity contribution is 6.24. The summed E-state index contributed by atoms with van der Waals surface area (Å²) < 4.78 is 0. The lowest BCUT2D eigenvalue weighted by molar-refractivity contribution is 0.465. The SMILES string of the molecule is C1=C[C@@H]2C/C(=N\N=C3c4ccccc4-c4ccccc43)[C@H]2C1.